The number of carbonyl (C=O) groups excluding carboxylic acids is 1. The summed E-state index contributed by atoms with van der Waals surface area (Å²) in [6.45, 7) is 7.64. The number of hydrogen-bond donors (Lipinski definition) is 3. The van der Waals surface area contributed by atoms with E-state index in [-0.39, 0.29) is 11.2 Å². The number of H-pyrrole nitrogens is 1. The number of rotatable bonds is 7. The van der Waals surface area contributed by atoms with Crippen molar-refractivity contribution in [2.45, 2.75) is 50.3 Å². The number of amides is 1. The van der Waals surface area contributed by atoms with Crippen LogP contribution in [0.4, 0.5) is 0 Å². The minimum Gasteiger partial charge on any atom is -0.480 e. The molecule has 2 atom stereocenters. The zero-order valence-corrected chi connectivity index (χ0v) is 15.2. The standard InChI is InChI=1S/C18H24N2O3S/c1-10(2)8-14(17(21)20-12(4)18(22)23)24-15-9-19-13-7-5-6-11(3)16(13)15/h5-7,9-10,12,14,19H,8H2,1-4H3,(H,20,21)(H,22,23)/t12-,14-/m1/s1. The Morgan fingerprint density at radius 1 is 1.29 bits per heavy atom. The molecule has 130 valence electrons. The second-order valence-electron chi connectivity index (χ2n) is 6.45. The molecule has 0 radical (unpaired) electrons. The van der Waals surface area contributed by atoms with Crippen LogP contribution in [-0.4, -0.2) is 33.3 Å². The van der Waals surface area contributed by atoms with Crippen molar-refractivity contribution in [1.82, 2.24) is 10.3 Å². The minimum atomic E-state index is -1.03. The molecule has 0 unspecified atom stereocenters. The largest absolute Gasteiger partial charge is 0.480 e. The number of nitrogens with one attached hydrogen (secondary N) is 2. The first-order valence-corrected chi connectivity index (χ1v) is 8.94. The number of aromatic amines is 1. The van der Waals surface area contributed by atoms with E-state index in [2.05, 4.69) is 24.1 Å². The van der Waals surface area contributed by atoms with Gasteiger partial charge in [-0.25, -0.2) is 0 Å². The molecule has 0 aliphatic rings. The third kappa shape index (κ3) is 4.32. The van der Waals surface area contributed by atoms with Gasteiger partial charge in [0.25, 0.3) is 0 Å². The van der Waals surface area contributed by atoms with E-state index < -0.39 is 12.0 Å². The van der Waals surface area contributed by atoms with Gasteiger partial charge in [0, 0.05) is 22.0 Å². The molecule has 6 heteroatoms. The molecule has 1 aromatic carbocycles. The summed E-state index contributed by atoms with van der Waals surface area (Å²) in [5, 5.41) is 12.4. The van der Waals surface area contributed by atoms with E-state index >= 15 is 0 Å². The molecule has 1 amide bonds. The van der Waals surface area contributed by atoms with Crippen LogP contribution in [0.3, 0.4) is 0 Å². The average molecular weight is 348 g/mol. The number of aromatic nitrogens is 1. The molecule has 0 spiro atoms. The molecule has 5 nitrogen and oxygen atoms in total. The normalized spacial score (nSPS) is 13.9. The van der Waals surface area contributed by atoms with Gasteiger partial charge in [-0.2, -0.15) is 0 Å². The molecule has 0 aliphatic heterocycles. The molecule has 1 aromatic heterocycles. The molecule has 0 saturated carbocycles. The van der Waals surface area contributed by atoms with Gasteiger partial charge in [0.1, 0.15) is 6.04 Å². The molecular formula is C18H24N2O3S. The topological polar surface area (TPSA) is 82.2 Å². The van der Waals surface area contributed by atoms with Gasteiger partial charge in [-0.05, 0) is 37.8 Å². The van der Waals surface area contributed by atoms with Crippen LogP contribution in [0.2, 0.25) is 0 Å². The maximum atomic E-state index is 12.5. The van der Waals surface area contributed by atoms with E-state index in [0.29, 0.717) is 12.3 Å². The fourth-order valence-electron chi connectivity index (χ4n) is 2.58. The molecule has 1 heterocycles. The molecule has 0 saturated heterocycles. The molecule has 0 fully saturated rings. The first-order valence-electron chi connectivity index (χ1n) is 8.06. The smallest absolute Gasteiger partial charge is 0.325 e. The molecule has 0 bridgehead atoms. The summed E-state index contributed by atoms with van der Waals surface area (Å²) < 4.78 is 0. The predicted octanol–water partition coefficient (Wildman–Crippen LogP) is 3.57. The van der Waals surface area contributed by atoms with Crippen molar-refractivity contribution in [3.05, 3.63) is 30.0 Å². The molecule has 3 N–H and O–H groups in total. The maximum Gasteiger partial charge on any atom is 0.325 e. The van der Waals surface area contributed by atoms with Crippen LogP contribution in [0, 0.1) is 12.8 Å². The number of carbonyl (C=O) groups is 2. The lowest BCUT2D eigenvalue weighted by Crippen LogP contribution is -2.43. The first-order chi connectivity index (χ1) is 11.3. The number of thioether (sulfide) groups is 1. The van der Waals surface area contributed by atoms with Gasteiger partial charge in [0.15, 0.2) is 0 Å². The third-order valence-electron chi connectivity index (χ3n) is 3.85. The fraction of sp³-hybridized carbons (Fsp3) is 0.444. The second-order valence-corrected chi connectivity index (χ2v) is 7.70. The Balaban J connectivity index is 2.24. The Hall–Kier alpha value is -1.95. The van der Waals surface area contributed by atoms with Crippen LogP contribution in [0.1, 0.15) is 32.8 Å². The summed E-state index contributed by atoms with van der Waals surface area (Å²) in [5.74, 6) is -0.925. The number of fused-ring (bicyclic) bond motifs is 1. The van der Waals surface area contributed by atoms with Crippen LogP contribution in [0.5, 0.6) is 0 Å². The van der Waals surface area contributed by atoms with Crippen LogP contribution < -0.4 is 5.32 Å². The number of carboxylic acid groups (broad SMARTS) is 1. The first kappa shape index (κ1) is 18.4. The van der Waals surface area contributed by atoms with Crippen molar-refractivity contribution in [2.24, 2.45) is 5.92 Å². The Labute approximate surface area is 146 Å². The van der Waals surface area contributed by atoms with Crippen molar-refractivity contribution in [3.8, 4) is 0 Å². The van der Waals surface area contributed by atoms with Crippen molar-refractivity contribution < 1.29 is 14.7 Å². The number of aliphatic carboxylic acids is 1. The SMILES string of the molecule is Cc1cccc2[nH]cc(S[C@H](CC(C)C)C(=O)N[C@H](C)C(=O)O)c12. The van der Waals surface area contributed by atoms with Crippen molar-refractivity contribution in [2.75, 3.05) is 0 Å². The third-order valence-corrected chi connectivity index (χ3v) is 5.12. The van der Waals surface area contributed by atoms with Crippen molar-refractivity contribution in [3.63, 3.8) is 0 Å². The van der Waals surface area contributed by atoms with E-state index in [1.807, 2.05) is 31.3 Å². The van der Waals surface area contributed by atoms with Gasteiger partial charge in [0.05, 0.1) is 5.25 Å². The van der Waals surface area contributed by atoms with Gasteiger partial charge in [-0.3, -0.25) is 9.59 Å². The molecular weight excluding hydrogens is 324 g/mol. The summed E-state index contributed by atoms with van der Waals surface area (Å²) >= 11 is 1.49. The van der Waals surface area contributed by atoms with Gasteiger partial charge in [-0.1, -0.05) is 26.0 Å². The van der Waals surface area contributed by atoms with Gasteiger partial charge >= 0.3 is 5.97 Å². The zero-order valence-electron chi connectivity index (χ0n) is 14.4. The summed E-state index contributed by atoms with van der Waals surface area (Å²) in [4.78, 5) is 27.8. The summed E-state index contributed by atoms with van der Waals surface area (Å²) in [5.41, 5.74) is 2.19. The molecule has 2 aromatic rings. The lowest BCUT2D eigenvalue weighted by Gasteiger charge is -2.19. The second kappa shape index (κ2) is 7.75. The molecule has 0 aliphatic carbocycles. The van der Waals surface area contributed by atoms with E-state index in [0.717, 1.165) is 21.4 Å². The van der Waals surface area contributed by atoms with Crippen molar-refractivity contribution in [1.29, 1.82) is 0 Å². The molecule has 24 heavy (non-hydrogen) atoms. The highest BCUT2D eigenvalue weighted by Gasteiger charge is 2.25. The quantitative estimate of drug-likeness (QED) is 0.668. The highest BCUT2D eigenvalue weighted by atomic mass is 32.2. The Morgan fingerprint density at radius 2 is 2.00 bits per heavy atom. The van der Waals surface area contributed by atoms with E-state index in [1.54, 1.807) is 0 Å². The number of benzene rings is 1. The average Bonchev–Trinajstić information content (AvgIpc) is 2.90. The van der Waals surface area contributed by atoms with Crippen LogP contribution in [0.15, 0.2) is 29.3 Å². The Bertz CT molecular complexity index is 739. The number of carboxylic acids is 1. The van der Waals surface area contributed by atoms with Crippen LogP contribution >= 0.6 is 11.8 Å². The number of aryl methyl sites for hydroxylation is 1. The van der Waals surface area contributed by atoms with E-state index in [4.69, 9.17) is 5.11 Å². The van der Waals surface area contributed by atoms with Crippen molar-refractivity contribution >= 4 is 34.5 Å². The van der Waals surface area contributed by atoms with Gasteiger partial charge in [0.2, 0.25) is 5.91 Å². The number of hydrogen-bond acceptors (Lipinski definition) is 3. The van der Waals surface area contributed by atoms with Crippen LogP contribution in [-0.2, 0) is 9.59 Å². The van der Waals surface area contributed by atoms with Gasteiger partial charge < -0.3 is 15.4 Å². The lowest BCUT2D eigenvalue weighted by atomic mass is 10.1. The Morgan fingerprint density at radius 3 is 2.62 bits per heavy atom. The van der Waals surface area contributed by atoms with E-state index in [9.17, 15) is 9.59 Å². The molecule has 2 rings (SSSR count). The Kier molecular flexibility index (Phi) is 5.94. The summed E-state index contributed by atoms with van der Waals surface area (Å²) in [6.07, 6.45) is 2.60. The zero-order chi connectivity index (χ0) is 17.9. The lowest BCUT2D eigenvalue weighted by molar-refractivity contribution is -0.141. The summed E-state index contributed by atoms with van der Waals surface area (Å²) in [7, 11) is 0. The van der Waals surface area contributed by atoms with Crippen LogP contribution in [0.25, 0.3) is 10.9 Å². The maximum absolute atomic E-state index is 12.5. The highest BCUT2D eigenvalue weighted by Crippen LogP contribution is 2.35. The van der Waals surface area contributed by atoms with Gasteiger partial charge in [-0.15, -0.1) is 11.8 Å². The minimum absolute atomic E-state index is 0.230. The highest BCUT2D eigenvalue weighted by molar-refractivity contribution is 8.00. The predicted molar refractivity (Wildman–Crippen MR) is 97.4 cm³/mol. The monoisotopic (exact) mass is 348 g/mol. The van der Waals surface area contributed by atoms with E-state index in [1.165, 1.54) is 18.7 Å². The summed E-state index contributed by atoms with van der Waals surface area (Å²) in [6, 6.07) is 5.16. The fourth-order valence-corrected chi connectivity index (χ4v) is 4.06.